The summed E-state index contributed by atoms with van der Waals surface area (Å²) in [5, 5.41) is 52.8. The van der Waals surface area contributed by atoms with Crippen molar-refractivity contribution >= 4 is 11.9 Å². The number of allylic oxidation sites excluding steroid dienone is 2. The summed E-state index contributed by atoms with van der Waals surface area (Å²) in [4.78, 5) is 24.2. The number of carbonyl (C=O) groups is 2. The second-order valence-electron chi connectivity index (χ2n) is 12.6. The van der Waals surface area contributed by atoms with Crippen molar-refractivity contribution in [2.45, 2.75) is 146 Å². The van der Waals surface area contributed by atoms with Crippen molar-refractivity contribution < 1.29 is 63.5 Å². The van der Waals surface area contributed by atoms with E-state index in [2.05, 4.69) is 12.2 Å². The molecule has 46 heavy (non-hydrogen) atoms. The van der Waals surface area contributed by atoms with Gasteiger partial charge in [0.2, 0.25) is 0 Å². The van der Waals surface area contributed by atoms with Gasteiger partial charge in [0.25, 0.3) is 0 Å². The first-order chi connectivity index (χ1) is 22.2. The molecule has 0 amide bonds. The maximum Gasteiger partial charge on any atom is 0.306 e. The van der Waals surface area contributed by atoms with Crippen molar-refractivity contribution in [2.75, 3.05) is 33.0 Å². The molecule has 266 valence electrons. The van der Waals surface area contributed by atoms with Gasteiger partial charge >= 0.3 is 11.9 Å². The standard InChI is InChI=1S/C33H56O13/c1-22(35)43-21-26-32-31(40)30(39)25(44-26)20-41-19-23-28(37)29(38)24(18-34)45-33(23)42-17-15-13-11-9-7-5-3-2-4-6-8-10-12-14-16-27(36)46-32/h2-3,23-26,28-34,37-40H,4-21H2,1H3/b3-2-/t23-,24-,25+,26-,28-,29-,30+,31-,32-,33-/m1/s1. The van der Waals surface area contributed by atoms with Crippen molar-refractivity contribution in [2.24, 2.45) is 5.92 Å². The highest BCUT2D eigenvalue weighted by molar-refractivity contribution is 5.69. The van der Waals surface area contributed by atoms with Gasteiger partial charge in [0.15, 0.2) is 12.4 Å². The van der Waals surface area contributed by atoms with Gasteiger partial charge in [-0.1, -0.05) is 50.7 Å². The fraction of sp³-hybridized carbons (Fsp3) is 0.879. The smallest absolute Gasteiger partial charge is 0.306 e. The van der Waals surface area contributed by atoms with Crippen LogP contribution in [0.4, 0.5) is 0 Å². The second-order valence-corrected chi connectivity index (χ2v) is 12.6. The summed E-state index contributed by atoms with van der Waals surface area (Å²) >= 11 is 0. The number of rotatable bonds is 3. The lowest BCUT2D eigenvalue weighted by Gasteiger charge is -2.43. The Morgan fingerprint density at radius 3 is 2.13 bits per heavy atom. The SMILES string of the molecule is CC(=O)OC[C@H]1O[C@H]2COC[C@H]3[C@H](OCCCCCCC/C=C\CCCCCCCC(=O)O[C@H]1[C@H](O)[C@H]2O)O[C@H](CO)[C@@H](O)[C@@H]3O. The predicted octanol–water partition coefficient (Wildman–Crippen LogP) is 1.68. The minimum absolute atomic E-state index is 0.143. The van der Waals surface area contributed by atoms with E-state index >= 15 is 0 Å². The van der Waals surface area contributed by atoms with Crippen LogP contribution in [0, 0.1) is 5.92 Å². The van der Waals surface area contributed by atoms with Crippen LogP contribution in [0.25, 0.3) is 0 Å². The van der Waals surface area contributed by atoms with Crippen molar-refractivity contribution in [3.63, 3.8) is 0 Å². The van der Waals surface area contributed by atoms with E-state index in [1.165, 1.54) is 6.92 Å². The van der Waals surface area contributed by atoms with E-state index in [1.54, 1.807) is 0 Å². The molecule has 0 spiro atoms. The molecule has 10 atom stereocenters. The average Bonchev–Trinajstić information content (AvgIpc) is 3.03. The highest BCUT2D eigenvalue weighted by Crippen LogP contribution is 2.29. The molecule has 0 saturated carbocycles. The monoisotopic (exact) mass is 660 g/mol. The molecule has 13 heteroatoms. The molecule has 5 N–H and O–H groups in total. The van der Waals surface area contributed by atoms with Crippen LogP contribution >= 0.6 is 0 Å². The number of aliphatic hydroxyl groups excluding tert-OH is 5. The molecule has 4 rings (SSSR count). The number of esters is 2. The highest BCUT2D eigenvalue weighted by Gasteiger charge is 2.48. The van der Waals surface area contributed by atoms with Gasteiger partial charge in [-0.2, -0.15) is 0 Å². The normalized spacial score (nSPS) is 38.0. The third kappa shape index (κ3) is 12.7. The zero-order valence-electron chi connectivity index (χ0n) is 27.2. The Labute approximate surface area is 272 Å². The van der Waals surface area contributed by atoms with Gasteiger partial charge in [0.1, 0.15) is 43.2 Å². The number of hydrogen-bond acceptors (Lipinski definition) is 13. The van der Waals surface area contributed by atoms with E-state index in [4.69, 9.17) is 28.4 Å². The average molecular weight is 661 g/mol. The van der Waals surface area contributed by atoms with E-state index in [1.807, 2.05) is 0 Å². The summed E-state index contributed by atoms with van der Waals surface area (Å²) in [7, 11) is 0. The fourth-order valence-corrected chi connectivity index (χ4v) is 6.04. The number of fused-ring (bicyclic) bond motifs is 21. The molecule has 4 aliphatic rings. The number of aliphatic hydroxyl groups is 5. The predicted molar refractivity (Wildman–Crippen MR) is 164 cm³/mol. The zero-order valence-corrected chi connectivity index (χ0v) is 27.2. The van der Waals surface area contributed by atoms with Crippen molar-refractivity contribution in [3.05, 3.63) is 12.2 Å². The Bertz CT molecular complexity index is 901. The molecular weight excluding hydrogens is 604 g/mol. The largest absolute Gasteiger partial charge is 0.463 e. The van der Waals surface area contributed by atoms with Gasteiger partial charge in [-0.15, -0.1) is 0 Å². The van der Waals surface area contributed by atoms with Crippen LogP contribution in [0.2, 0.25) is 0 Å². The molecule has 0 aromatic carbocycles. The van der Waals surface area contributed by atoms with E-state index in [0.717, 1.165) is 70.6 Å². The minimum Gasteiger partial charge on any atom is -0.463 e. The van der Waals surface area contributed by atoms with E-state index in [-0.39, 0.29) is 26.2 Å². The van der Waals surface area contributed by atoms with Gasteiger partial charge in [-0.25, -0.2) is 0 Å². The van der Waals surface area contributed by atoms with Crippen LogP contribution in [0.5, 0.6) is 0 Å². The molecule has 4 heterocycles. The fourth-order valence-electron chi connectivity index (χ4n) is 6.04. The van der Waals surface area contributed by atoms with Crippen molar-refractivity contribution in [1.82, 2.24) is 0 Å². The molecule has 2 fully saturated rings. The molecule has 0 aromatic heterocycles. The maximum atomic E-state index is 12.7. The summed E-state index contributed by atoms with van der Waals surface area (Å²) in [6, 6.07) is 0. The first kappa shape index (κ1) is 38.8. The van der Waals surface area contributed by atoms with Crippen molar-refractivity contribution in [1.29, 1.82) is 0 Å². The lowest BCUT2D eigenvalue weighted by molar-refractivity contribution is -0.295. The number of carbonyl (C=O) groups excluding carboxylic acids is 2. The van der Waals surface area contributed by atoms with Gasteiger partial charge in [-0.3, -0.25) is 9.59 Å². The Morgan fingerprint density at radius 1 is 0.804 bits per heavy atom. The molecule has 0 unspecified atom stereocenters. The minimum atomic E-state index is -1.54. The highest BCUT2D eigenvalue weighted by atomic mass is 16.7. The molecule has 2 bridgehead atoms. The van der Waals surface area contributed by atoms with Crippen molar-refractivity contribution in [3.8, 4) is 0 Å². The molecular formula is C33H56O13. The van der Waals surface area contributed by atoms with Gasteiger partial charge in [0.05, 0.1) is 31.8 Å². The Hall–Kier alpha value is -1.68. The maximum absolute atomic E-state index is 12.7. The number of hydrogen-bond donors (Lipinski definition) is 5. The third-order valence-corrected chi connectivity index (χ3v) is 8.82. The van der Waals surface area contributed by atoms with Crippen LogP contribution in [-0.2, 0) is 38.0 Å². The third-order valence-electron chi connectivity index (χ3n) is 8.82. The summed E-state index contributed by atoms with van der Waals surface area (Å²) < 4.78 is 34.1. The quantitative estimate of drug-likeness (QED) is 0.217. The Morgan fingerprint density at radius 2 is 1.46 bits per heavy atom. The second kappa shape index (κ2) is 21.3. The molecule has 0 aliphatic carbocycles. The first-order valence-electron chi connectivity index (χ1n) is 17.0. The zero-order chi connectivity index (χ0) is 33.3. The topological polar surface area (TPSA) is 191 Å². The van der Waals surface area contributed by atoms with Crippen LogP contribution in [0.15, 0.2) is 12.2 Å². The van der Waals surface area contributed by atoms with Crippen LogP contribution in [0.1, 0.15) is 90.4 Å². The van der Waals surface area contributed by atoms with Crippen LogP contribution in [0.3, 0.4) is 0 Å². The lowest BCUT2D eigenvalue weighted by Crippen LogP contribution is -2.61. The van der Waals surface area contributed by atoms with E-state index in [9.17, 15) is 35.1 Å². The van der Waals surface area contributed by atoms with E-state index in [0.29, 0.717) is 13.0 Å². The van der Waals surface area contributed by atoms with Crippen LogP contribution in [-0.4, -0.2) is 126 Å². The molecule has 4 aliphatic heterocycles. The first-order valence-corrected chi connectivity index (χ1v) is 17.0. The Balaban J connectivity index is 1.67. The van der Waals surface area contributed by atoms with Gasteiger partial charge < -0.3 is 54.0 Å². The summed E-state index contributed by atoms with van der Waals surface area (Å²) in [5.74, 6) is -1.96. The lowest BCUT2D eigenvalue weighted by atomic mass is 9.91. The summed E-state index contributed by atoms with van der Waals surface area (Å²) in [5.41, 5.74) is 0. The molecule has 0 radical (unpaired) electrons. The molecule has 2 saturated heterocycles. The van der Waals surface area contributed by atoms with E-state index < -0.39 is 79.6 Å². The van der Waals surface area contributed by atoms with Crippen LogP contribution < -0.4 is 0 Å². The summed E-state index contributed by atoms with van der Waals surface area (Å²) in [6.45, 7) is 0.339. The molecule has 13 nitrogen and oxygen atoms in total. The van der Waals surface area contributed by atoms with Gasteiger partial charge in [0, 0.05) is 20.0 Å². The Kier molecular flexibility index (Phi) is 18.0. The molecule has 0 aromatic rings. The van der Waals surface area contributed by atoms with Gasteiger partial charge in [-0.05, 0) is 38.5 Å². The summed E-state index contributed by atoms with van der Waals surface area (Å²) in [6.07, 6.45) is 5.26. The number of ether oxygens (including phenoxy) is 6.